The number of pyridine rings is 1. The third kappa shape index (κ3) is 2.63. The Kier molecular flexibility index (Phi) is 4.34. The van der Waals surface area contributed by atoms with Gasteiger partial charge in [-0.3, -0.25) is 0 Å². The summed E-state index contributed by atoms with van der Waals surface area (Å²) >= 11 is 15.5. The highest BCUT2D eigenvalue weighted by Gasteiger charge is 2.26. The van der Waals surface area contributed by atoms with E-state index in [1.54, 1.807) is 12.3 Å². The molecule has 0 spiro atoms. The molecule has 0 radical (unpaired) electrons. The molecule has 1 heterocycles. The first-order valence-corrected chi connectivity index (χ1v) is 7.23. The van der Waals surface area contributed by atoms with Crippen molar-refractivity contribution in [1.82, 2.24) is 4.98 Å². The van der Waals surface area contributed by atoms with Gasteiger partial charge in [0.1, 0.15) is 5.82 Å². The minimum Gasteiger partial charge on any atom is -0.352 e. The van der Waals surface area contributed by atoms with Crippen LogP contribution in [0.2, 0.25) is 10.0 Å². The lowest BCUT2D eigenvalue weighted by Gasteiger charge is -2.38. The van der Waals surface area contributed by atoms with E-state index in [0.29, 0.717) is 16.1 Å². The molecule has 5 heteroatoms. The summed E-state index contributed by atoms with van der Waals surface area (Å²) in [6, 6.07) is 2.34. The summed E-state index contributed by atoms with van der Waals surface area (Å²) in [5.41, 5.74) is 0. The number of nitrogens with zero attached hydrogens (tertiary/aromatic N) is 2. The lowest BCUT2D eigenvalue weighted by Crippen LogP contribution is -2.42. The van der Waals surface area contributed by atoms with Crippen molar-refractivity contribution in [3.8, 4) is 0 Å². The van der Waals surface area contributed by atoms with Gasteiger partial charge in [0, 0.05) is 24.1 Å². The molecule has 1 fully saturated rings. The van der Waals surface area contributed by atoms with Gasteiger partial charge in [-0.05, 0) is 25.3 Å². The molecule has 2 nitrogen and oxygen atoms in total. The second-order valence-corrected chi connectivity index (χ2v) is 5.56. The van der Waals surface area contributed by atoms with Crippen LogP contribution in [-0.4, -0.2) is 22.9 Å². The van der Waals surface area contributed by atoms with Crippen molar-refractivity contribution in [2.75, 3.05) is 16.8 Å². The minimum atomic E-state index is 0.584. The quantitative estimate of drug-likeness (QED) is 0.774. The molecule has 0 atom stereocenters. The van der Waals surface area contributed by atoms with E-state index in [9.17, 15) is 0 Å². The number of halogens is 3. The zero-order valence-electron chi connectivity index (χ0n) is 8.80. The third-order valence-corrected chi connectivity index (χ3v) is 3.74. The van der Waals surface area contributed by atoms with Gasteiger partial charge < -0.3 is 4.90 Å². The lowest BCUT2D eigenvalue weighted by atomic mass is 9.91. The summed E-state index contributed by atoms with van der Waals surface area (Å²) in [6.07, 6.45) is 5.42. The Morgan fingerprint density at radius 2 is 2.19 bits per heavy atom. The topological polar surface area (TPSA) is 16.1 Å². The van der Waals surface area contributed by atoms with Crippen molar-refractivity contribution in [2.24, 2.45) is 0 Å². The Hall–Kier alpha value is 0.01000. The van der Waals surface area contributed by atoms with E-state index < -0.39 is 0 Å². The van der Waals surface area contributed by atoms with E-state index in [0.717, 1.165) is 17.7 Å². The van der Waals surface area contributed by atoms with Gasteiger partial charge in [-0.2, -0.15) is 0 Å². The molecule has 2 rings (SSSR count). The summed E-state index contributed by atoms with van der Waals surface area (Å²) in [5.74, 6) is 0.857. The second kappa shape index (κ2) is 5.56. The normalized spacial score (nSPS) is 15.9. The zero-order valence-corrected chi connectivity index (χ0v) is 11.9. The summed E-state index contributed by atoms with van der Waals surface area (Å²) in [5, 5.41) is 2.14. The van der Waals surface area contributed by atoms with E-state index in [1.807, 2.05) is 0 Å². The Bertz CT molecular complexity index is 369. The highest BCUT2D eigenvalue weighted by Crippen LogP contribution is 2.33. The Morgan fingerprint density at radius 3 is 2.69 bits per heavy atom. The molecule has 1 aromatic heterocycles. The van der Waals surface area contributed by atoms with E-state index in [4.69, 9.17) is 23.2 Å². The molecule has 0 unspecified atom stereocenters. The second-order valence-electron chi connectivity index (χ2n) is 3.93. The van der Waals surface area contributed by atoms with Gasteiger partial charge in [-0.1, -0.05) is 39.1 Å². The number of aromatic nitrogens is 1. The first kappa shape index (κ1) is 12.5. The summed E-state index contributed by atoms with van der Waals surface area (Å²) in [4.78, 5) is 6.62. The van der Waals surface area contributed by atoms with E-state index in [-0.39, 0.29) is 0 Å². The minimum absolute atomic E-state index is 0.584. The Balaban J connectivity index is 2.23. The van der Waals surface area contributed by atoms with Crippen molar-refractivity contribution < 1.29 is 0 Å². The van der Waals surface area contributed by atoms with Gasteiger partial charge in [-0.15, -0.1) is 0 Å². The number of hydrogen-bond acceptors (Lipinski definition) is 2. The monoisotopic (exact) mass is 322 g/mol. The predicted molar refractivity (Wildman–Crippen MR) is 73.0 cm³/mol. The molecule has 1 saturated carbocycles. The van der Waals surface area contributed by atoms with Crippen molar-refractivity contribution in [1.29, 1.82) is 0 Å². The van der Waals surface area contributed by atoms with Crippen LogP contribution in [0.3, 0.4) is 0 Å². The molecule has 0 aromatic carbocycles. The summed E-state index contributed by atoms with van der Waals surface area (Å²) < 4.78 is 0. The fourth-order valence-corrected chi connectivity index (χ4v) is 2.74. The van der Waals surface area contributed by atoms with Crippen LogP contribution in [0.4, 0.5) is 5.82 Å². The predicted octanol–water partition coefficient (Wildman–Crippen LogP) is 4.14. The molecule has 16 heavy (non-hydrogen) atoms. The highest BCUT2D eigenvalue weighted by molar-refractivity contribution is 9.09. The first-order valence-electron chi connectivity index (χ1n) is 5.36. The average Bonchev–Trinajstić information content (AvgIpc) is 2.14. The average molecular weight is 324 g/mol. The molecule has 1 aliphatic carbocycles. The van der Waals surface area contributed by atoms with Crippen molar-refractivity contribution in [3.63, 3.8) is 0 Å². The standard InChI is InChI=1S/C11H13BrCl2N2/c12-4-5-16(9-2-1-3-9)11-10(14)6-8(13)7-15-11/h6-7,9H,1-5H2. The number of hydrogen-bond donors (Lipinski definition) is 0. The smallest absolute Gasteiger partial charge is 0.147 e. The van der Waals surface area contributed by atoms with Crippen molar-refractivity contribution in [3.05, 3.63) is 22.3 Å². The molecule has 0 amide bonds. The summed E-state index contributed by atoms with van der Waals surface area (Å²) in [6.45, 7) is 0.930. The summed E-state index contributed by atoms with van der Waals surface area (Å²) in [7, 11) is 0. The van der Waals surface area contributed by atoms with Gasteiger partial charge >= 0.3 is 0 Å². The maximum absolute atomic E-state index is 6.18. The van der Waals surface area contributed by atoms with Gasteiger partial charge in [0.05, 0.1) is 10.0 Å². The lowest BCUT2D eigenvalue weighted by molar-refractivity contribution is 0.389. The van der Waals surface area contributed by atoms with Gasteiger partial charge in [-0.25, -0.2) is 4.98 Å². The van der Waals surface area contributed by atoms with E-state index in [2.05, 4.69) is 25.8 Å². The highest BCUT2D eigenvalue weighted by atomic mass is 79.9. The van der Waals surface area contributed by atoms with Gasteiger partial charge in [0.2, 0.25) is 0 Å². The molecule has 1 aromatic rings. The van der Waals surface area contributed by atoms with Gasteiger partial charge in [0.25, 0.3) is 0 Å². The number of alkyl halides is 1. The van der Waals surface area contributed by atoms with Crippen LogP contribution in [0, 0.1) is 0 Å². The molecular formula is C11H13BrCl2N2. The molecule has 0 N–H and O–H groups in total. The van der Waals surface area contributed by atoms with E-state index in [1.165, 1.54) is 19.3 Å². The first-order chi connectivity index (χ1) is 7.72. The zero-order chi connectivity index (χ0) is 11.5. The molecule has 88 valence electrons. The largest absolute Gasteiger partial charge is 0.352 e. The Labute approximate surface area is 114 Å². The van der Waals surface area contributed by atoms with Gasteiger partial charge in [0.15, 0.2) is 0 Å². The fourth-order valence-electron chi connectivity index (χ4n) is 1.87. The number of anilines is 1. The molecule has 1 aliphatic rings. The molecule has 0 saturated heterocycles. The third-order valence-electron chi connectivity index (χ3n) is 2.90. The van der Waals surface area contributed by atoms with Crippen LogP contribution < -0.4 is 4.90 Å². The molecule has 0 bridgehead atoms. The fraction of sp³-hybridized carbons (Fsp3) is 0.545. The van der Waals surface area contributed by atoms with Crippen molar-refractivity contribution in [2.45, 2.75) is 25.3 Å². The van der Waals surface area contributed by atoms with E-state index >= 15 is 0 Å². The maximum atomic E-state index is 6.18. The van der Waals surface area contributed by atoms with Crippen molar-refractivity contribution >= 4 is 44.9 Å². The van der Waals surface area contributed by atoms with Crippen LogP contribution in [0.15, 0.2) is 12.3 Å². The van der Waals surface area contributed by atoms with Crippen LogP contribution >= 0.6 is 39.1 Å². The molecular weight excluding hydrogens is 311 g/mol. The molecule has 0 aliphatic heterocycles. The van der Waals surface area contributed by atoms with Crippen LogP contribution in [0.1, 0.15) is 19.3 Å². The SMILES string of the molecule is Clc1cnc(N(CCBr)C2CCC2)c(Cl)c1. The van der Waals surface area contributed by atoms with Crippen LogP contribution in [0.25, 0.3) is 0 Å². The maximum Gasteiger partial charge on any atom is 0.147 e. The van der Waals surface area contributed by atoms with Crippen LogP contribution in [0.5, 0.6) is 0 Å². The Morgan fingerprint density at radius 1 is 1.44 bits per heavy atom. The van der Waals surface area contributed by atoms with Crippen LogP contribution in [-0.2, 0) is 0 Å². The number of rotatable bonds is 4.